The van der Waals surface area contributed by atoms with Crippen molar-refractivity contribution < 1.29 is 42.4 Å². The third-order valence-electron chi connectivity index (χ3n) is 3.07. The van der Waals surface area contributed by atoms with E-state index in [-0.39, 0.29) is 11.5 Å². The molecular formula is C11H21NO9S3. The molecule has 0 spiro atoms. The Morgan fingerprint density at radius 2 is 1.92 bits per heavy atom. The lowest BCUT2D eigenvalue weighted by atomic mass is 10.0. The van der Waals surface area contributed by atoms with Gasteiger partial charge in [0.25, 0.3) is 0 Å². The van der Waals surface area contributed by atoms with Gasteiger partial charge in [0, 0.05) is 6.42 Å². The highest BCUT2D eigenvalue weighted by Gasteiger charge is 2.44. The molecule has 0 amide bonds. The summed E-state index contributed by atoms with van der Waals surface area (Å²) < 4.78 is 39.2. The topological polar surface area (TPSA) is 166 Å². The zero-order valence-electron chi connectivity index (χ0n) is 12.8. The molecule has 13 heteroatoms. The summed E-state index contributed by atoms with van der Waals surface area (Å²) in [5, 5.41) is 42.0. The summed E-state index contributed by atoms with van der Waals surface area (Å²) in [4.78, 5) is 0. The molecule has 1 fully saturated rings. The number of rotatable bonds is 8. The van der Waals surface area contributed by atoms with E-state index in [1.165, 1.54) is 0 Å². The highest BCUT2D eigenvalue weighted by molar-refractivity contribution is 8.14. The minimum absolute atomic E-state index is 0.103. The second-order valence-corrected chi connectivity index (χ2v) is 8.06. The molecule has 1 aliphatic rings. The first kappa shape index (κ1) is 21.9. The van der Waals surface area contributed by atoms with Crippen LogP contribution in [-0.4, -0.2) is 86.9 Å². The number of thioether (sulfide) groups is 2. The Morgan fingerprint density at radius 3 is 2.46 bits per heavy atom. The van der Waals surface area contributed by atoms with Crippen LogP contribution in [0.15, 0.2) is 5.16 Å². The lowest BCUT2D eigenvalue weighted by Crippen LogP contribution is -2.57. The molecule has 1 saturated heterocycles. The van der Waals surface area contributed by atoms with Gasteiger partial charge in [-0.2, -0.15) is 20.2 Å². The van der Waals surface area contributed by atoms with Gasteiger partial charge in [-0.3, -0.25) is 4.55 Å². The van der Waals surface area contributed by atoms with E-state index in [0.29, 0.717) is 6.42 Å². The van der Waals surface area contributed by atoms with Crippen molar-refractivity contribution in [3.05, 3.63) is 0 Å². The zero-order chi connectivity index (χ0) is 18.3. The minimum atomic E-state index is -4.78. The summed E-state index contributed by atoms with van der Waals surface area (Å²) in [6, 6.07) is 0. The van der Waals surface area contributed by atoms with Gasteiger partial charge >= 0.3 is 10.4 Å². The molecule has 142 valence electrons. The Balaban J connectivity index is 2.82. The lowest BCUT2D eigenvalue weighted by molar-refractivity contribution is -0.205. The molecule has 0 aromatic carbocycles. The van der Waals surface area contributed by atoms with Crippen LogP contribution in [0.1, 0.15) is 12.8 Å². The molecule has 0 unspecified atom stereocenters. The summed E-state index contributed by atoms with van der Waals surface area (Å²) in [7, 11) is -4.78. The Kier molecular flexibility index (Phi) is 9.25. The average molecular weight is 407 g/mol. The largest absolute Gasteiger partial charge is 0.466 e. The molecule has 0 bridgehead atoms. The molecule has 1 heterocycles. The van der Waals surface area contributed by atoms with Crippen LogP contribution in [-0.2, 0) is 19.4 Å². The smallest absolute Gasteiger partial charge is 0.394 e. The molecule has 0 aliphatic carbocycles. The van der Waals surface area contributed by atoms with Crippen molar-refractivity contribution in [1.29, 1.82) is 0 Å². The fourth-order valence-corrected chi connectivity index (χ4v) is 3.65. The van der Waals surface area contributed by atoms with Crippen molar-refractivity contribution in [2.24, 2.45) is 5.16 Å². The Morgan fingerprint density at radius 1 is 1.25 bits per heavy atom. The quantitative estimate of drug-likeness (QED) is 0.108. The first-order valence-electron chi connectivity index (χ1n) is 6.88. The Hall–Kier alpha value is -0.120. The third kappa shape index (κ3) is 7.01. The van der Waals surface area contributed by atoms with Crippen molar-refractivity contribution >= 4 is 39.0 Å². The molecule has 5 N–H and O–H groups in total. The fraction of sp³-hybridized carbons (Fsp3) is 0.909. The third-order valence-corrected chi connectivity index (χ3v) is 5.21. The predicted molar refractivity (Wildman–Crippen MR) is 89.0 cm³/mol. The van der Waals surface area contributed by atoms with Gasteiger partial charge in [-0.25, -0.2) is 4.28 Å². The average Bonchev–Trinajstić information content (AvgIpc) is 2.52. The number of ether oxygens (including phenoxy) is 1. The number of oxime groups is 1. The number of nitrogens with zero attached hydrogens (tertiary/aromatic N) is 1. The van der Waals surface area contributed by atoms with E-state index in [0.717, 1.165) is 17.5 Å². The van der Waals surface area contributed by atoms with Crippen LogP contribution < -0.4 is 0 Å². The monoisotopic (exact) mass is 407 g/mol. The number of hydrogen-bond acceptors (Lipinski definition) is 11. The van der Waals surface area contributed by atoms with Crippen molar-refractivity contribution in [2.75, 3.05) is 18.6 Å². The van der Waals surface area contributed by atoms with Gasteiger partial charge in [-0.05, 0) is 18.4 Å². The molecule has 10 nitrogen and oxygen atoms in total. The molecule has 5 atom stereocenters. The summed E-state index contributed by atoms with van der Waals surface area (Å²) >= 11 is 2.33. The second kappa shape index (κ2) is 10.1. The van der Waals surface area contributed by atoms with Gasteiger partial charge in [0.2, 0.25) is 0 Å². The van der Waals surface area contributed by atoms with E-state index in [1.807, 2.05) is 6.26 Å². The second-order valence-electron chi connectivity index (χ2n) is 4.90. The van der Waals surface area contributed by atoms with E-state index in [9.17, 15) is 23.7 Å². The van der Waals surface area contributed by atoms with Gasteiger partial charge in [-0.1, -0.05) is 16.9 Å². The van der Waals surface area contributed by atoms with Crippen LogP contribution in [0.3, 0.4) is 0 Å². The summed E-state index contributed by atoms with van der Waals surface area (Å²) in [6.07, 6.45) is -2.86. The number of aliphatic hydroxyl groups excluding tert-OH is 4. The van der Waals surface area contributed by atoms with Gasteiger partial charge in [0.05, 0.1) is 6.61 Å². The van der Waals surface area contributed by atoms with E-state index in [1.54, 1.807) is 11.8 Å². The van der Waals surface area contributed by atoms with Crippen molar-refractivity contribution in [3.63, 3.8) is 0 Å². The van der Waals surface area contributed by atoms with E-state index in [2.05, 4.69) is 9.44 Å². The van der Waals surface area contributed by atoms with Gasteiger partial charge in [0.1, 0.15) is 34.9 Å². The van der Waals surface area contributed by atoms with Crippen LogP contribution in [0.2, 0.25) is 0 Å². The first-order valence-corrected chi connectivity index (χ1v) is 10.5. The Labute approximate surface area is 148 Å². The summed E-state index contributed by atoms with van der Waals surface area (Å²) in [5.74, 6) is 0.750. The molecular weight excluding hydrogens is 386 g/mol. The van der Waals surface area contributed by atoms with Crippen LogP contribution in [0.5, 0.6) is 0 Å². The van der Waals surface area contributed by atoms with Crippen LogP contribution in [0.4, 0.5) is 0 Å². The van der Waals surface area contributed by atoms with E-state index < -0.39 is 46.9 Å². The Bertz CT molecular complexity index is 513. The zero-order valence-corrected chi connectivity index (χ0v) is 15.2. The molecule has 24 heavy (non-hydrogen) atoms. The standard InChI is InChI=1S/C11H21NO9S3/c1-22-4-2-3-7(12-21-24(17,18)19)23-11-10(16)9(15)8(14)6(5-13)20-11/h6,8-11,13-16H,2-5H2,1H3,(H,17,18,19)/b12-7-/t6-,8-,9+,10-,11+/m1/s1. The maximum absolute atomic E-state index is 10.6. The van der Waals surface area contributed by atoms with Crippen LogP contribution >= 0.6 is 23.5 Å². The van der Waals surface area contributed by atoms with Crippen molar-refractivity contribution in [2.45, 2.75) is 42.7 Å². The van der Waals surface area contributed by atoms with Gasteiger partial charge in [-0.15, -0.1) is 0 Å². The van der Waals surface area contributed by atoms with Crippen molar-refractivity contribution in [3.8, 4) is 0 Å². The molecule has 1 rings (SSSR count). The fourth-order valence-electron chi connectivity index (χ4n) is 1.88. The lowest BCUT2D eigenvalue weighted by Gasteiger charge is -2.39. The molecule has 1 aliphatic heterocycles. The molecule has 0 aromatic rings. The summed E-state index contributed by atoms with van der Waals surface area (Å²) in [6.45, 7) is -0.581. The maximum atomic E-state index is 10.6. The SMILES string of the molecule is CSCCC/C(=N/OS(=O)(=O)O)S[C@@H]1O[C@H](CO)[C@@H](O)[C@H](O)[C@H]1O. The molecule has 0 radical (unpaired) electrons. The van der Waals surface area contributed by atoms with Gasteiger partial charge < -0.3 is 25.2 Å². The predicted octanol–water partition coefficient (Wildman–Crippen LogP) is -1.20. The normalized spacial score (nSPS) is 31.9. The van der Waals surface area contributed by atoms with Crippen molar-refractivity contribution in [1.82, 2.24) is 0 Å². The minimum Gasteiger partial charge on any atom is -0.394 e. The molecule has 0 aromatic heterocycles. The maximum Gasteiger partial charge on any atom is 0.466 e. The highest BCUT2D eigenvalue weighted by Crippen LogP contribution is 2.30. The van der Waals surface area contributed by atoms with E-state index in [4.69, 9.17) is 14.4 Å². The van der Waals surface area contributed by atoms with Crippen LogP contribution in [0, 0.1) is 0 Å². The summed E-state index contributed by atoms with van der Waals surface area (Å²) in [5.41, 5.74) is -1.11. The molecule has 0 saturated carbocycles. The highest BCUT2D eigenvalue weighted by atomic mass is 32.3. The number of hydrogen-bond donors (Lipinski definition) is 5. The van der Waals surface area contributed by atoms with Gasteiger partial charge in [0.15, 0.2) is 0 Å². The van der Waals surface area contributed by atoms with Crippen LogP contribution in [0.25, 0.3) is 0 Å². The van der Waals surface area contributed by atoms with E-state index >= 15 is 0 Å². The number of aliphatic hydroxyl groups is 4. The first-order chi connectivity index (χ1) is 11.2.